The van der Waals surface area contributed by atoms with Crippen LogP contribution in [0.5, 0.6) is 0 Å². The lowest BCUT2D eigenvalue weighted by Crippen LogP contribution is -2.29. The second kappa shape index (κ2) is 8.48. The molecule has 9 heteroatoms. The van der Waals surface area contributed by atoms with Crippen LogP contribution < -0.4 is 15.5 Å². The fourth-order valence-electron chi connectivity index (χ4n) is 4.20. The molecule has 0 unspecified atom stereocenters. The number of carbonyl (C=O) groups excluding carboxylic acids is 2. The Balaban J connectivity index is 1.60. The highest BCUT2D eigenvalue weighted by molar-refractivity contribution is 6.03. The summed E-state index contributed by atoms with van der Waals surface area (Å²) < 4.78 is 22.6. The number of nitrogens with zero attached hydrogens (tertiary/aromatic N) is 5. The van der Waals surface area contributed by atoms with Crippen molar-refractivity contribution in [3.63, 3.8) is 0 Å². The number of amides is 1. The molecule has 1 saturated carbocycles. The van der Waals surface area contributed by atoms with E-state index in [1.54, 1.807) is 24.7 Å². The molecule has 0 bridgehead atoms. The summed E-state index contributed by atoms with van der Waals surface area (Å²) in [4.78, 5) is 45.3. The molecule has 0 radical (unpaired) electrons. The molecule has 4 heterocycles. The number of hydrogen-bond acceptors (Lipinski definition) is 8. The molecule has 1 aliphatic heterocycles. The van der Waals surface area contributed by atoms with Crippen LogP contribution in [0, 0.1) is 12.8 Å². The predicted molar refractivity (Wildman–Crippen MR) is 130 cm³/mol. The number of ketones is 1. The Morgan fingerprint density at radius 3 is 2.74 bits per heavy atom. The van der Waals surface area contributed by atoms with Gasteiger partial charge in [-0.2, -0.15) is 0 Å². The molecule has 1 aliphatic carbocycles. The number of rotatable bonds is 6. The van der Waals surface area contributed by atoms with Crippen molar-refractivity contribution in [3.05, 3.63) is 47.7 Å². The first-order chi connectivity index (χ1) is 17.5. The van der Waals surface area contributed by atoms with E-state index in [9.17, 15) is 9.59 Å². The summed E-state index contributed by atoms with van der Waals surface area (Å²) in [7, 11) is 1.93. The average molecular weight is 461 g/mol. The number of fused-ring (bicyclic) bond motifs is 3. The van der Waals surface area contributed by atoms with Gasteiger partial charge in [0.1, 0.15) is 5.82 Å². The Morgan fingerprint density at radius 2 is 1.97 bits per heavy atom. The number of pyridine rings is 2. The number of aromatic nitrogens is 4. The van der Waals surface area contributed by atoms with Gasteiger partial charge in [0.25, 0.3) is 0 Å². The van der Waals surface area contributed by atoms with Crippen molar-refractivity contribution in [2.75, 3.05) is 22.6 Å². The Kier molecular flexibility index (Phi) is 4.62. The molecular formula is C25H27N7O2. The molecule has 34 heavy (non-hydrogen) atoms. The van der Waals surface area contributed by atoms with E-state index in [1.807, 2.05) is 25.8 Å². The van der Waals surface area contributed by atoms with E-state index in [4.69, 9.17) is 4.11 Å². The largest absolute Gasteiger partial charge is 0.363 e. The van der Waals surface area contributed by atoms with Crippen LogP contribution in [0.25, 0.3) is 11.3 Å². The average Bonchev–Trinajstić information content (AvgIpc) is 3.68. The van der Waals surface area contributed by atoms with Crippen molar-refractivity contribution in [1.82, 2.24) is 19.9 Å². The zero-order valence-electron chi connectivity index (χ0n) is 22.2. The van der Waals surface area contributed by atoms with Crippen LogP contribution in [0.4, 0.5) is 23.0 Å². The van der Waals surface area contributed by atoms with Crippen molar-refractivity contribution in [2.45, 2.75) is 46.0 Å². The lowest BCUT2D eigenvalue weighted by atomic mass is 9.94. The minimum absolute atomic E-state index is 0.0304. The standard InChI is InChI=1S/C25H27N7O2/c1-5-18(33)16-12-28-19(31-25(34)15-6-7-15)10-17(16)30-24-23-20(13(2)11-29-24)22-21(14(3)32(23)4)26-8-9-27-22/h8-12,14-15H,5-7H2,1-4H3,(H2,28,29,30,31,34)/t14-/m1/s1/i1D3. The highest BCUT2D eigenvalue weighted by Crippen LogP contribution is 2.47. The lowest BCUT2D eigenvalue weighted by molar-refractivity contribution is -0.117. The van der Waals surface area contributed by atoms with Gasteiger partial charge in [-0.1, -0.05) is 6.85 Å². The summed E-state index contributed by atoms with van der Waals surface area (Å²) in [5, 5.41) is 6.02. The number of carbonyl (C=O) groups is 2. The van der Waals surface area contributed by atoms with Crippen LogP contribution in [-0.4, -0.2) is 38.7 Å². The molecule has 3 aromatic heterocycles. The Labute approximate surface area is 202 Å². The van der Waals surface area contributed by atoms with Crippen molar-refractivity contribution in [3.8, 4) is 11.3 Å². The quantitative estimate of drug-likeness (QED) is 0.519. The summed E-state index contributed by atoms with van der Waals surface area (Å²) in [6, 6.07) is 1.45. The van der Waals surface area contributed by atoms with Crippen LogP contribution in [0.15, 0.2) is 30.9 Å². The van der Waals surface area contributed by atoms with Gasteiger partial charge in [0.05, 0.1) is 34.4 Å². The fraction of sp³-hybridized carbons (Fsp3) is 0.360. The predicted octanol–water partition coefficient (Wildman–Crippen LogP) is 4.44. The molecule has 0 saturated heterocycles. The lowest BCUT2D eigenvalue weighted by Gasteiger charge is -2.36. The Morgan fingerprint density at radius 1 is 1.18 bits per heavy atom. The molecule has 1 atom stereocenters. The van der Waals surface area contributed by atoms with Gasteiger partial charge < -0.3 is 15.5 Å². The van der Waals surface area contributed by atoms with Gasteiger partial charge in [-0.25, -0.2) is 9.97 Å². The minimum atomic E-state index is -2.44. The molecule has 2 N–H and O–H groups in total. The first-order valence-electron chi connectivity index (χ1n) is 12.7. The summed E-state index contributed by atoms with van der Waals surface area (Å²) >= 11 is 0. The molecule has 0 aromatic carbocycles. The maximum atomic E-state index is 13.0. The van der Waals surface area contributed by atoms with Gasteiger partial charge >= 0.3 is 0 Å². The van der Waals surface area contributed by atoms with Crippen LogP contribution in [0.2, 0.25) is 0 Å². The molecule has 2 aliphatic rings. The number of anilines is 4. The van der Waals surface area contributed by atoms with E-state index >= 15 is 0 Å². The topological polar surface area (TPSA) is 113 Å². The van der Waals surface area contributed by atoms with Crippen LogP contribution in [0.1, 0.15) is 64.8 Å². The Hall–Kier alpha value is -3.88. The van der Waals surface area contributed by atoms with Gasteiger partial charge in [-0.05, 0) is 32.3 Å². The maximum absolute atomic E-state index is 13.0. The van der Waals surface area contributed by atoms with Gasteiger partial charge in [0, 0.05) is 59.9 Å². The highest BCUT2D eigenvalue weighted by Gasteiger charge is 2.33. The van der Waals surface area contributed by atoms with E-state index in [0.29, 0.717) is 11.5 Å². The third-order valence-corrected chi connectivity index (χ3v) is 6.35. The first-order valence-corrected chi connectivity index (χ1v) is 11.2. The molecule has 1 fully saturated rings. The van der Waals surface area contributed by atoms with Crippen LogP contribution in [0.3, 0.4) is 0 Å². The summed E-state index contributed by atoms with van der Waals surface area (Å²) in [6.07, 6.45) is 7.35. The van der Waals surface area contributed by atoms with E-state index in [1.165, 1.54) is 6.20 Å². The molecule has 5 rings (SSSR count). The van der Waals surface area contributed by atoms with Crippen molar-refractivity contribution >= 4 is 34.7 Å². The van der Waals surface area contributed by atoms with E-state index < -0.39 is 19.1 Å². The van der Waals surface area contributed by atoms with Gasteiger partial charge in [0.2, 0.25) is 5.91 Å². The van der Waals surface area contributed by atoms with E-state index in [-0.39, 0.29) is 29.2 Å². The molecule has 3 aromatic rings. The number of hydrogen-bond donors (Lipinski definition) is 2. The zero-order chi connectivity index (χ0) is 26.5. The number of aryl methyl sites for hydroxylation is 1. The normalized spacial score (nSPS) is 18.1. The summed E-state index contributed by atoms with van der Waals surface area (Å²) in [5.41, 5.74) is 4.57. The highest BCUT2D eigenvalue weighted by atomic mass is 16.2. The SMILES string of the molecule is [2H]C([2H])([2H])CC(=O)c1cnc(NC(=O)C2CC2)cc1Nc1ncc(C)c2c1N(C)[C@H](C)c1nccnc1-2. The monoisotopic (exact) mass is 460 g/mol. The third kappa shape index (κ3) is 3.76. The van der Waals surface area contributed by atoms with Crippen molar-refractivity contribution in [2.24, 2.45) is 5.92 Å². The van der Waals surface area contributed by atoms with E-state index in [2.05, 4.69) is 30.6 Å². The van der Waals surface area contributed by atoms with Gasteiger partial charge in [-0.3, -0.25) is 19.6 Å². The molecule has 1 amide bonds. The van der Waals surface area contributed by atoms with Gasteiger partial charge in [-0.15, -0.1) is 0 Å². The molecule has 0 spiro atoms. The third-order valence-electron chi connectivity index (χ3n) is 6.35. The van der Waals surface area contributed by atoms with Gasteiger partial charge in [0.15, 0.2) is 11.6 Å². The number of nitrogens with one attached hydrogen (secondary N) is 2. The fourth-order valence-corrected chi connectivity index (χ4v) is 4.20. The summed E-state index contributed by atoms with van der Waals surface area (Å²) in [5.74, 6) is -0.0237. The maximum Gasteiger partial charge on any atom is 0.228 e. The summed E-state index contributed by atoms with van der Waals surface area (Å²) in [6.45, 7) is 1.53. The molecule has 9 nitrogen and oxygen atoms in total. The zero-order valence-corrected chi connectivity index (χ0v) is 19.2. The second-order valence-electron chi connectivity index (χ2n) is 8.69. The van der Waals surface area contributed by atoms with Crippen LogP contribution >= 0.6 is 0 Å². The molecule has 174 valence electrons. The minimum Gasteiger partial charge on any atom is -0.363 e. The Bertz CT molecular complexity index is 1410. The smallest absolute Gasteiger partial charge is 0.228 e. The van der Waals surface area contributed by atoms with Crippen molar-refractivity contribution in [1.29, 1.82) is 0 Å². The molecular weight excluding hydrogens is 430 g/mol. The van der Waals surface area contributed by atoms with Crippen LogP contribution in [-0.2, 0) is 4.79 Å². The second-order valence-corrected chi connectivity index (χ2v) is 8.69. The van der Waals surface area contributed by atoms with E-state index in [0.717, 1.165) is 41.0 Å². The number of Topliss-reactive ketones (excluding diaryl/α,β-unsaturated/α-hetero) is 1. The first kappa shape index (κ1) is 18.5. The van der Waals surface area contributed by atoms with Crippen molar-refractivity contribution < 1.29 is 13.7 Å².